The lowest BCUT2D eigenvalue weighted by Gasteiger charge is -2.34. The summed E-state index contributed by atoms with van der Waals surface area (Å²) < 4.78 is 15.4. The Kier molecular flexibility index (Phi) is 5.56. The van der Waals surface area contributed by atoms with Crippen LogP contribution >= 0.6 is 0 Å². The number of halogens is 1. The maximum atomic E-state index is 13.2. The third kappa shape index (κ3) is 4.07. The fraction of sp³-hybridized carbons (Fsp3) is 0.296. The second kappa shape index (κ2) is 8.65. The number of piperidine rings is 1. The van der Waals surface area contributed by atoms with Crippen molar-refractivity contribution in [3.05, 3.63) is 95.2 Å². The van der Waals surface area contributed by atoms with Crippen LogP contribution in [-0.2, 0) is 6.54 Å². The summed E-state index contributed by atoms with van der Waals surface area (Å²) in [6.45, 7) is 6.97. The Bertz CT molecular complexity index is 1200. The van der Waals surface area contributed by atoms with Crippen LogP contribution < -0.4 is 10.2 Å². The highest BCUT2D eigenvalue weighted by Gasteiger charge is 2.21. The lowest BCUT2D eigenvalue weighted by molar-refractivity contribution is 0.504. The van der Waals surface area contributed by atoms with Crippen LogP contribution in [0.25, 0.3) is 5.65 Å². The van der Waals surface area contributed by atoms with Crippen LogP contribution in [0.5, 0.6) is 0 Å². The summed E-state index contributed by atoms with van der Waals surface area (Å²) in [5.74, 6) is 0.358. The van der Waals surface area contributed by atoms with Crippen LogP contribution in [0.1, 0.15) is 41.4 Å². The molecule has 4 aromatic rings. The van der Waals surface area contributed by atoms with E-state index in [-0.39, 0.29) is 5.82 Å². The molecule has 0 bridgehead atoms. The Morgan fingerprint density at radius 2 is 1.66 bits per heavy atom. The molecule has 3 heterocycles. The predicted octanol–water partition coefficient (Wildman–Crippen LogP) is 6.09. The van der Waals surface area contributed by atoms with Crippen LogP contribution in [0.4, 0.5) is 15.8 Å². The zero-order valence-electron chi connectivity index (χ0n) is 18.7. The molecule has 1 aliphatic heterocycles. The smallest absolute Gasteiger partial charge is 0.137 e. The van der Waals surface area contributed by atoms with Crippen molar-refractivity contribution in [2.24, 2.45) is 0 Å². The number of hydrogen-bond acceptors (Lipinski definition) is 3. The number of aromatic nitrogens is 2. The minimum atomic E-state index is -0.161. The van der Waals surface area contributed by atoms with Gasteiger partial charge >= 0.3 is 0 Å². The van der Waals surface area contributed by atoms with Gasteiger partial charge in [-0.1, -0.05) is 18.2 Å². The summed E-state index contributed by atoms with van der Waals surface area (Å²) >= 11 is 0. The monoisotopic (exact) mass is 428 g/mol. The van der Waals surface area contributed by atoms with Crippen LogP contribution in [0.15, 0.2) is 66.7 Å². The van der Waals surface area contributed by atoms with Crippen molar-refractivity contribution in [3.8, 4) is 0 Å². The molecule has 0 amide bonds. The summed E-state index contributed by atoms with van der Waals surface area (Å²) in [5.41, 5.74) is 8.08. The molecule has 1 fully saturated rings. The summed E-state index contributed by atoms with van der Waals surface area (Å²) in [4.78, 5) is 7.14. The highest BCUT2D eigenvalue weighted by molar-refractivity contribution is 5.56. The maximum Gasteiger partial charge on any atom is 0.137 e. The number of rotatable bonds is 5. The van der Waals surface area contributed by atoms with Gasteiger partial charge in [0, 0.05) is 30.2 Å². The lowest BCUT2D eigenvalue weighted by Crippen LogP contribution is -2.32. The summed E-state index contributed by atoms with van der Waals surface area (Å²) in [5, 5.41) is 3.56. The van der Waals surface area contributed by atoms with E-state index in [4.69, 9.17) is 4.98 Å². The molecule has 4 nitrogen and oxygen atoms in total. The van der Waals surface area contributed by atoms with Gasteiger partial charge in [0.2, 0.25) is 0 Å². The molecule has 2 aromatic heterocycles. The molecule has 1 N–H and O–H groups in total. The largest absolute Gasteiger partial charge is 0.379 e. The first-order chi connectivity index (χ1) is 15.6. The normalized spacial score (nSPS) is 14.8. The van der Waals surface area contributed by atoms with Gasteiger partial charge in [0.1, 0.15) is 11.5 Å². The van der Waals surface area contributed by atoms with E-state index < -0.39 is 0 Å². The molecule has 0 saturated carbocycles. The molecule has 1 saturated heterocycles. The van der Waals surface area contributed by atoms with E-state index in [1.165, 1.54) is 22.6 Å². The lowest BCUT2D eigenvalue weighted by atomic mass is 9.89. The number of benzene rings is 2. The van der Waals surface area contributed by atoms with E-state index in [0.29, 0.717) is 5.92 Å². The second-order valence-corrected chi connectivity index (χ2v) is 8.72. The van der Waals surface area contributed by atoms with Gasteiger partial charge in [-0.25, -0.2) is 9.37 Å². The fourth-order valence-corrected chi connectivity index (χ4v) is 4.83. The summed E-state index contributed by atoms with van der Waals surface area (Å²) in [6, 6.07) is 22.0. The average Bonchev–Trinajstić information content (AvgIpc) is 3.15. The highest BCUT2D eigenvalue weighted by atomic mass is 19.1. The van der Waals surface area contributed by atoms with Gasteiger partial charge < -0.3 is 10.2 Å². The molecule has 0 aliphatic carbocycles. The van der Waals surface area contributed by atoms with Gasteiger partial charge in [-0.3, -0.25) is 4.40 Å². The Labute approximate surface area is 188 Å². The molecule has 0 spiro atoms. The van der Waals surface area contributed by atoms with Crippen LogP contribution in [-0.4, -0.2) is 22.5 Å². The van der Waals surface area contributed by atoms with Gasteiger partial charge in [-0.15, -0.1) is 0 Å². The number of pyridine rings is 1. The van der Waals surface area contributed by atoms with Crippen molar-refractivity contribution >= 4 is 17.0 Å². The summed E-state index contributed by atoms with van der Waals surface area (Å²) in [7, 11) is 0. The average molecular weight is 429 g/mol. The van der Waals surface area contributed by atoms with E-state index in [2.05, 4.69) is 70.9 Å². The quantitative estimate of drug-likeness (QED) is 0.418. The Morgan fingerprint density at radius 3 is 2.38 bits per heavy atom. The minimum absolute atomic E-state index is 0.161. The van der Waals surface area contributed by atoms with Crippen molar-refractivity contribution in [2.45, 2.75) is 39.2 Å². The molecule has 164 valence electrons. The van der Waals surface area contributed by atoms with Crippen LogP contribution in [0, 0.1) is 19.7 Å². The molecule has 1 aliphatic rings. The van der Waals surface area contributed by atoms with Gasteiger partial charge in [-0.05, 0) is 86.7 Å². The number of hydrogen-bond donors (Lipinski definition) is 1. The van der Waals surface area contributed by atoms with Crippen LogP contribution in [0.3, 0.4) is 0 Å². The predicted molar refractivity (Wildman–Crippen MR) is 129 cm³/mol. The molecule has 32 heavy (non-hydrogen) atoms. The van der Waals surface area contributed by atoms with E-state index in [1.807, 2.05) is 12.1 Å². The van der Waals surface area contributed by atoms with Gasteiger partial charge in [-0.2, -0.15) is 0 Å². The molecule has 5 heteroatoms. The van der Waals surface area contributed by atoms with E-state index in [1.54, 1.807) is 12.1 Å². The number of imidazole rings is 1. The molecular weight excluding hydrogens is 399 g/mol. The molecule has 0 unspecified atom stereocenters. The topological polar surface area (TPSA) is 32.6 Å². The van der Waals surface area contributed by atoms with E-state index in [9.17, 15) is 4.39 Å². The molecule has 0 atom stereocenters. The Morgan fingerprint density at radius 1 is 0.938 bits per heavy atom. The van der Waals surface area contributed by atoms with Crippen molar-refractivity contribution in [1.82, 2.24) is 9.38 Å². The number of fused-ring (bicyclic) bond motifs is 1. The first-order valence-corrected chi connectivity index (χ1v) is 11.4. The second-order valence-electron chi connectivity index (χ2n) is 8.72. The summed E-state index contributed by atoms with van der Waals surface area (Å²) in [6.07, 6.45) is 2.19. The molecule has 0 radical (unpaired) electrons. The van der Waals surface area contributed by atoms with Crippen LogP contribution in [0.2, 0.25) is 0 Å². The van der Waals surface area contributed by atoms with E-state index in [0.717, 1.165) is 49.5 Å². The van der Waals surface area contributed by atoms with Crippen molar-refractivity contribution < 1.29 is 4.39 Å². The molecule has 2 aromatic carbocycles. The highest BCUT2D eigenvalue weighted by Crippen LogP contribution is 2.31. The Balaban J connectivity index is 1.21. The van der Waals surface area contributed by atoms with Gasteiger partial charge in [0.15, 0.2) is 0 Å². The molecular formula is C27H29FN4. The first-order valence-electron chi connectivity index (χ1n) is 11.4. The third-order valence-electron chi connectivity index (χ3n) is 6.66. The number of nitrogens with one attached hydrogen (secondary N) is 1. The maximum absolute atomic E-state index is 13.2. The minimum Gasteiger partial charge on any atom is -0.379 e. The van der Waals surface area contributed by atoms with Gasteiger partial charge in [0.05, 0.1) is 17.9 Å². The molecule has 5 rings (SSSR count). The Hall–Kier alpha value is -3.34. The number of nitrogens with zero attached hydrogens (tertiary/aromatic N) is 3. The number of aryl methyl sites for hydroxylation is 2. The SMILES string of the molecule is Cc1nc2cccc(C)n2c1CNc1ccc(N2CCC(c3ccc(F)cc3)CC2)cc1. The van der Waals surface area contributed by atoms with E-state index >= 15 is 0 Å². The standard InChI is InChI=1S/C27H29FN4/c1-19-4-3-5-27-30-20(2)26(32(19)27)18-29-24-10-12-25(13-11-24)31-16-14-22(15-17-31)21-6-8-23(28)9-7-21/h3-13,22,29H,14-18H2,1-2H3. The first kappa shape index (κ1) is 20.6. The van der Waals surface area contributed by atoms with Crippen molar-refractivity contribution in [2.75, 3.05) is 23.3 Å². The fourth-order valence-electron chi connectivity index (χ4n) is 4.83. The van der Waals surface area contributed by atoms with Crippen molar-refractivity contribution in [3.63, 3.8) is 0 Å². The third-order valence-corrected chi connectivity index (χ3v) is 6.66. The zero-order chi connectivity index (χ0) is 22.1. The zero-order valence-corrected chi connectivity index (χ0v) is 18.7. The van der Waals surface area contributed by atoms with Gasteiger partial charge in [0.25, 0.3) is 0 Å². The number of anilines is 2. The van der Waals surface area contributed by atoms with Crippen molar-refractivity contribution in [1.29, 1.82) is 0 Å².